The summed E-state index contributed by atoms with van der Waals surface area (Å²) in [6.45, 7) is 6.10. The van der Waals surface area contributed by atoms with Gasteiger partial charge in [-0.05, 0) is 37.5 Å². The van der Waals surface area contributed by atoms with Crippen molar-refractivity contribution in [2.45, 2.75) is 33.2 Å². The number of amides is 1. The van der Waals surface area contributed by atoms with Gasteiger partial charge in [0.15, 0.2) is 0 Å². The minimum atomic E-state index is -0.161. The molecule has 1 amide bonds. The lowest BCUT2D eigenvalue weighted by atomic mass is 10.0. The van der Waals surface area contributed by atoms with Crippen molar-refractivity contribution in [2.24, 2.45) is 5.92 Å². The van der Waals surface area contributed by atoms with Gasteiger partial charge in [-0.2, -0.15) is 0 Å². The van der Waals surface area contributed by atoms with E-state index in [1.54, 1.807) is 13.2 Å². The third kappa shape index (κ3) is 5.60. The van der Waals surface area contributed by atoms with Gasteiger partial charge in [-0.3, -0.25) is 4.79 Å². The van der Waals surface area contributed by atoms with Gasteiger partial charge >= 0.3 is 0 Å². The Labute approximate surface area is 126 Å². The molecule has 1 aromatic rings. The Kier molecular flexibility index (Phi) is 6.96. The van der Waals surface area contributed by atoms with Crippen molar-refractivity contribution >= 4 is 12.0 Å². The zero-order valence-corrected chi connectivity index (χ0v) is 13.2. The fourth-order valence-corrected chi connectivity index (χ4v) is 2.09. The maximum Gasteiger partial charge on any atom is 0.244 e. The Hall–Kier alpha value is -1.81. The first-order valence-corrected chi connectivity index (χ1v) is 7.22. The van der Waals surface area contributed by atoms with Gasteiger partial charge in [-0.15, -0.1) is 0 Å². The molecule has 0 bridgehead atoms. The highest BCUT2D eigenvalue weighted by atomic mass is 16.5. The Bertz CT molecular complexity index is 495. The number of carbonyl (C=O) groups excluding carboxylic acids is 1. The van der Waals surface area contributed by atoms with E-state index >= 15 is 0 Å². The Balaban J connectivity index is 2.75. The number of ether oxygens (including phenoxy) is 1. The molecular formula is C17H25NO3. The van der Waals surface area contributed by atoms with Crippen LogP contribution in [0.5, 0.6) is 5.75 Å². The molecule has 21 heavy (non-hydrogen) atoms. The summed E-state index contributed by atoms with van der Waals surface area (Å²) >= 11 is 0. The number of methoxy groups -OCH3 is 1. The Morgan fingerprint density at radius 1 is 1.43 bits per heavy atom. The van der Waals surface area contributed by atoms with Crippen LogP contribution in [0, 0.1) is 12.8 Å². The van der Waals surface area contributed by atoms with Crippen LogP contribution in [0.4, 0.5) is 0 Å². The summed E-state index contributed by atoms with van der Waals surface area (Å²) in [6, 6.07) is 5.80. The van der Waals surface area contributed by atoms with Crippen LogP contribution in [-0.4, -0.2) is 30.8 Å². The number of nitrogens with one attached hydrogen (secondary N) is 1. The number of benzene rings is 1. The summed E-state index contributed by atoms with van der Waals surface area (Å²) in [4.78, 5) is 12.0. The van der Waals surface area contributed by atoms with E-state index in [1.807, 2.05) is 39.0 Å². The van der Waals surface area contributed by atoms with E-state index in [1.165, 1.54) is 6.08 Å². The molecule has 1 unspecified atom stereocenters. The molecule has 2 N–H and O–H groups in total. The molecule has 116 valence electrons. The average molecular weight is 291 g/mol. The summed E-state index contributed by atoms with van der Waals surface area (Å²) in [5.41, 5.74) is 1.98. The topological polar surface area (TPSA) is 58.6 Å². The molecule has 1 rings (SSSR count). The van der Waals surface area contributed by atoms with Crippen molar-refractivity contribution in [3.63, 3.8) is 0 Å². The number of hydrogen-bond acceptors (Lipinski definition) is 3. The van der Waals surface area contributed by atoms with Crippen molar-refractivity contribution < 1.29 is 14.6 Å². The minimum Gasteiger partial charge on any atom is -0.496 e. The van der Waals surface area contributed by atoms with Crippen molar-refractivity contribution in [2.75, 3.05) is 13.7 Å². The second-order valence-corrected chi connectivity index (χ2v) is 5.45. The van der Waals surface area contributed by atoms with Gasteiger partial charge in [0.2, 0.25) is 5.91 Å². The molecular weight excluding hydrogens is 266 g/mol. The summed E-state index contributed by atoms with van der Waals surface area (Å²) in [6.07, 6.45) is 3.81. The van der Waals surface area contributed by atoms with Crippen molar-refractivity contribution in [1.29, 1.82) is 0 Å². The first-order chi connectivity index (χ1) is 9.97. The van der Waals surface area contributed by atoms with E-state index in [2.05, 4.69) is 5.32 Å². The number of carbonyl (C=O) groups is 1. The van der Waals surface area contributed by atoms with Gasteiger partial charge in [-0.1, -0.05) is 25.5 Å². The second-order valence-electron chi connectivity index (χ2n) is 5.45. The van der Waals surface area contributed by atoms with Crippen molar-refractivity contribution in [3.8, 4) is 5.75 Å². The molecule has 0 radical (unpaired) electrons. The largest absolute Gasteiger partial charge is 0.496 e. The molecule has 0 aliphatic rings. The first-order valence-electron chi connectivity index (χ1n) is 7.22. The monoisotopic (exact) mass is 291 g/mol. The molecule has 0 heterocycles. The number of rotatable bonds is 7. The zero-order valence-electron chi connectivity index (χ0n) is 13.2. The summed E-state index contributed by atoms with van der Waals surface area (Å²) < 4.78 is 5.27. The van der Waals surface area contributed by atoms with E-state index in [4.69, 9.17) is 9.84 Å². The van der Waals surface area contributed by atoms with Crippen LogP contribution < -0.4 is 10.1 Å². The number of hydrogen-bond donors (Lipinski definition) is 2. The van der Waals surface area contributed by atoms with Crippen LogP contribution in [0.2, 0.25) is 0 Å². The van der Waals surface area contributed by atoms with Gasteiger partial charge < -0.3 is 15.2 Å². The normalized spacial score (nSPS) is 12.7. The molecule has 0 saturated carbocycles. The third-order valence-electron chi connectivity index (χ3n) is 3.37. The Morgan fingerprint density at radius 3 is 2.71 bits per heavy atom. The second kappa shape index (κ2) is 8.47. The van der Waals surface area contributed by atoms with Crippen LogP contribution >= 0.6 is 0 Å². The van der Waals surface area contributed by atoms with Gasteiger partial charge in [0.05, 0.1) is 7.11 Å². The third-order valence-corrected chi connectivity index (χ3v) is 3.37. The van der Waals surface area contributed by atoms with Crippen LogP contribution in [0.15, 0.2) is 24.3 Å². The standard InChI is InChI=1S/C17H25NO3/c1-12(2)15(9-10-19)18-17(20)8-6-14-11-13(3)5-7-16(14)21-4/h5-8,11-12,15,19H,9-10H2,1-4H3,(H,18,20)/b8-6+. The first kappa shape index (κ1) is 17.2. The minimum absolute atomic E-state index is 0.0217. The SMILES string of the molecule is COc1ccc(C)cc1/C=C/C(=O)NC(CCO)C(C)C. The predicted octanol–water partition coefficient (Wildman–Crippen LogP) is 2.54. The highest BCUT2D eigenvalue weighted by molar-refractivity contribution is 5.92. The van der Waals surface area contributed by atoms with E-state index < -0.39 is 0 Å². The molecule has 4 nitrogen and oxygen atoms in total. The van der Waals surface area contributed by atoms with E-state index in [0.717, 1.165) is 16.9 Å². The average Bonchev–Trinajstić information content (AvgIpc) is 2.44. The number of aliphatic hydroxyl groups is 1. The molecule has 0 saturated heterocycles. The van der Waals surface area contributed by atoms with Gasteiger partial charge in [0.25, 0.3) is 0 Å². The molecule has 0 aliphatic carbocycles. The summed E-state index contributed by atoms with van der Waals surface area (Å²) in [5, 5.41) is 11.9. The lowest BCUT2D eigenvalue weighted by Gasteiger charge is -2.20. The van der Waals surface area contributed by atoms with E-state index in [-0.39, 0.29) is 24.5 Å². The number of aryl methyl sites for hydroxylation is 1. The summed E-state index contributed by atoms with van der Waals surface area (Å²) in [5.74, 6) is 0.856. The lowest BCUT2D eigenvalue weighted by Crippen LogP contribution is -2.38. The maximum atomic E-state index is 12.0. The smallest absolute Gasteiger partial charge is 0.244 e. The summed E-state index contributed by atoms with van der Waals surface area (Å²) in [7, 11) is 1.61. The fraction of sp³-hybridized carbons (Fsp3) is 0.471. The van der Waals surface area contributed by atoms with Crippen molar-refractivity contribution in [1.82, 2.24) is 5.32 Å². The lowest BCUT2D eigenvalue weighted by molar-refractivity contribution is -0.117. The van der Waals surface area contributed by atoms with Crippen LogP contribution in [0.25, 0.3) is 6.08 Å². The predicted molar refractivity (Wildman–Crippen MR) is 85.2 cm³/mol. The maximum absolute atomic E-state index is 12.0. The number of aliphatic hydroxyl groups excluding tert-OH is 1. The molecule has 1 aromatic carbocycles. The molecule has 1 atom stereocenters. The van der Waals surface area contributed by atoms with Gasteiger partial charge in [0.1, 0.15) is 5.75 Å². The quantitative estimate of drug-likeness (QED) is 0.759. The molecule has 0 spiro atoms. The van der Waals surface area contributed by atoms with Gasteiger partial charge in [-0.25, -0.2) is 0 Å². The van der Waals surface area contributed by atoms with Crippen molar-refractivity contribution in [3.05, 3.63) is 35.4 Å². The van der Waals surface area contributed by atoms with Crippen LogP contribution in [-0.2, 0) is 4.79 Å². The highest BCUT2D eigenvalue weighted by Crippen LogP contribution is 2.20. The molecule has 4 heteroatoms. The van der Waals surface area contributed by atoms with Crippen LogP contribution in [0.1, 0.15) is 31.4 Å². The zero-order chi connectivity index (χ0) is 15.8. The molecule has 0 fully saturated rings. The highest BCUT2D eigenvalue weighted by Gasteiger charge is 2.14. The van der Waals surface area contributed by atoms with E-state index in [9.17, 15) is 4.79 Å². The van der Waals surface area contributed by atoms with E-state index in [0.29, 0.717) is 6.42 Å². The Morgan fingerprint density at radius 2 is 2.14 bits per heavy atom. The van der Waals surface area contributed by atoms with Crippen LogP contribution in [0.3, 0.4) is 0 Å². The van der Waals surface area contributed by atoms with Gasteiger partial charge in [0, 0.05) is 24.3 Å². The molecule has 0 aliphatic heterocycles. The molecule has 0 aromatic heterocycles. The fourth-order valence-electron chi connectivity index (χ4n) is 2.09.